The smallest absolute Gasteiger partial charge is 0.249 e. The topological polar surface area (TPSA) is 54.7 Å². The van der Waals surface area contributed by atoms with Crippen LogP contribution in [0.4, 0.5) is 14.6 Å². The zero-order valence-electron chi connectivity index (χ0n) is 9.37. The van der Waals surface area contributed by atoms with Crippen molar-refractivity contribution in [3.8, 4) is 11.1 Å². The van der Waals surface area contributed by atoms with E-state index in [0.29, 0.717) is 11.4 Å². The number of nitrogen functional groups attached to an aromatic ring is 1. The van der Waals surface area contributed by atoms with E-state index in [4.69, 9.17) is 5.73 Å². The Morgan fingerprint density at radius 3 is 2.76 bits per heavy atom. The molecule has 0 saturated heterocycles. The molecular formula is C12H13F2N3. The number of H-pyrrole nitrogens is 1. The molecule has 1 aromatic carbocycles. The van der Waals surface area contributed by atoms with Crippen molar-refractivity contribution in [2.45, 2.75) is 19.3 Å². The monoisotopic (exact) mass is 237 g/mol. The van der Waals surface area contributed by atoms with E-state index in [-0.39, 0.29) is 6.42 Å². The second-order valence-electron chi connectivity index (χ2n) is 4.14. The minimum absolute atomic E-state index is 0.279. The van der Waals surface area contributed by atoms with Gasteiger partial charge in [-0.2, -0.15) is 5.10 Å². The highest BCUT2D eigenvalue weighted by Gasteiger charge is 2.21. The molecule has 0 aliphatic rings. The van der Waals surface area contributed by atoms with Crippen molar-refractivity contribution in [2.75, 3.05) is 5.73 Å². The van der Waals surface area contributed by atoms with E-state index in [1.165, 1.54) is 0 Å². The lowest BCUT2D eigenvalue weighted by Gasteiger charge is -2.10. The number of benzene rings is 1. The van der Waals surface area contributed by atoms with Crippen LogP contribution in [-0.2, 0) is 6.42 Å². The van der Waals surface area contributed by atoms with Crippen molar-refractivity contribution in [2.24, 2.45) is 0 Å². The zero-order chi connectivity index (χ0) is 12.5. The molecule has 0 aliphatic heterocycles. The minimum atomic E-state index is -2.71. The third-order valence-electron chi connectivity index (χ3n) is 2.42. The van der Waals surface area contributed by atoms with Gasteiger partial charge in [0.2, 0.25) is 5.92 Å². The minimum Gasteiger partial charge on any atom is -0.384 e. The number of rotatable bonds is 3. The summed E-state index contributed by atoms with van der Waals surface area (Å²) in [5, 5.41) is 6.42. The molecule has 0 saturated carbocycles. The normalized spacial score (nSPS) is 11.7. The van der Waals surface area contributed by atoms with E-state index in [2.05, 4.69) is 10.2 Å². The molecule has 0 amide bonds. The number of nitrogens with two attached hydrogens (primary N) is 1. The largest absolute Gasteiger partial charge is 0.384 e. The van der Waals surface area contributed by atoms with Crippen LogP contribution in [0, 0.1) is 0 Å². The Bertz CT molecular complexity index is 514. The summed E-state index contributed by atoms with van der Waals surface area (Å²) in [6, 6.07) is 6.94. The third kappa shape index (κ3) is 2.81. The number of alkyl halides is 2. The van der Waals surface area contributed by atoms with Crippen molar-refractivity contribution in [3.63, 3.8) is 0 Å². The predicted octanol–water partition coefficient (Wildman–Crippen LogP) is 2.86. The second kappa shape index (κ2) is 4.16. The van der Waals surface area contributed by atoms with E-state index >= 15 is 0 Å². The first kappa shape index (κ1) is 11.6. The third-order valence-corrected chi connectivity index (χ3v) is 2.42. The van der Waals surface area contributed by atoms with Crippen LogP contribution < -0.4 is 5.73 Å². The van der Waals surface area contributed by atoms with Gasteiger partial charge in [-0.25, -0.2) is 8.78 Å². The van der Waals surface area contributed by atoms with Gasteiger partial charge in [0.1, 0.15) is 5.82 Å². The Kier molecular flexibility index (Phi) is 2.83. The first-order chi connectivity index (χ1) is 7.96. The van der Waals surface area contributed by atoms with Gasteiger partial charge in [-0.05, 0) is 18.1 Å². The fourth-order valence-electron chi connectivity index (χ4n) is 1.73. The summed E-state index contributed by atoms with van der Waals surface area (Å²) in [4.78, 5) is 0. The van der Waals surface area contributed by atoms with Crippen molar-refractivity contribution in [1.82, 2.24) is 10.2 Å². The van der Waals surface area contributed by atoms with Gasteiger partial charge in [0, 0.05) is 12.0 Å². The van der Waals surface area contributed by atoms with Crippen LogP contribution in [0.5, 0.6) is 0 Å². The Morgan fingerprint density at radius 2 is 2.18 bits per heavy atom. The summed E-state index contributed by atoms with van der Waals surface area (Å²) in [5.74, 6) is -2.27. The predicted molar refractivity (Wildman–Crippen MR) is 62.8 cm³/mol. The lowest BCUT2D eigenvalue weighted by atomic mass is 10.0. The summed E-state index contributed by atoms with van der Waals surface area (Å²) in [6.45, 7) is 0.909. The second-order valence-corrected chi connectivity index (χ2v) is 4.14. The molecule has 5 heteroatoms. The highest BCUT2D eigenvalue weighted by Crippen LogP contribution is 2.26. The summed E-state index contributed by atoms with van der Waals surface area (Å²) in [7, 11) is 0. The van der Waals surface area contributed by atoms with Gasteiger partial charge >= 0.3 is 0 Å². The summed E-state index contributed by atoms with van der Waals surface area (Å²) in [5.41, 5.74) is 7.78. The molecule has 17 heavy (non-hydrogen) atoms. The van der Waals surface area contributed by atoms with Crippen LogP contribution in [0.1, 0.15) is 12.5 Å². The SMILES string of the molecule is CC(F)(F)Cc1cccc(-c2cn[nH]c2N)c1. The highest BCUT2D eigenvalue weighted by atomic mass is 19.3. The molecule has 0 spiro atoms. The van der Waals surface area contributed by atoms with Gasteiger partial charge in [-0.3, -0.25) is 5.10 Å². The van der Waals surface area contributed by atoms with E-state index in [9.17, 15) is 8.78 Å². The van der Waals surface area contributed by atoms with Gasteiger partial charge < -0.3 is 5.73 Å². The molecule has 0 aliphatic carbocycles. The summed E-state index contributed by atoms with van der Waals surface area (Å²) < 4.78 is 25.8. The number of hydrogen-bond acceptors (Lipinski definition) is 2. The number of nitrogens with zero attached hydrogens (tertiary/aromatic N) is 1. The maximum atomic E-state index is 12.9. The Labute approximate surface area is 97.7 Å². The van der Waals surface area contributed by atoms with E-state index in [0.717, 1.165) is 18.1 Å². The summed E-state index contributed by atoms with van der Waals surface area (Å²) in [6.07, 6.45) is 1.30. The van der Waals surface area contributed by atoms with Gasteiger partial charge in [0.05, 0.1) is 6.20 Å². The molecular weight excluding hydrogens is 224 g/mol. The van der Waals surface area contributed by atoms with Gasteiger partial charge in [-0.15, -0.1) is 0 Å². The molecule has 2 aromatic rings. The Balaban J connectivity index is 2.32. The van der Waals surface area contributed by atoms with E-state index in [1.54, 1.807) is 24.4 Å². The highest BCUT2D eigenvalue weighted by molar-refractivity contribution is 5.73. The Hall–Kier alpha value is -1.91. The molecule has 2 rings (SSSR count). The van der Waals surface area contributed by atoms with Crippen molar-refractivity contribution in [3.05, 3.63) is 36.0 Å². The zero-order valence-corrected chi connectivity index (χ0v) is 9.37. The first-order valence-electron chi connectivity index (χ1n) is 5.22. The van der Waals surface area contributed by atoms with Crippen LogP contribution >= 0.6 is 0 Å². The van der Waals surface area contributed by atoms with Crippen LogP contribution in [0.3, 0.4) is 0 Å². The van der Waals surface area contributed by atoms with Crippen LogP contribution in [0.25, 0.3) is 11.1 Å². The average Bonchev–Trinajstić information content (AvgIpc) is 2.62. The number of aromatic amines is 1. The molecule has 0 atom stereocenters. The lowest BCUT2D eigenvalue weighted by Crippen LogP contribution is -2.13. The molecule has 90 valence electrons. The van der Waals surface area contributed by atoms with Gasteiger partial charge in [-0.1, -0.05) is 24.3 Å². The van der Waals surface area contributed by atoms with Crippen LogP contribution in [0.2, 0.25) is 0 Å². The molecule has 1 aromatic heterocycles. The average molecular weight is 237 g/mol. The van der Waals surface area contributed by atoms with Gasteiger partial charge in [0.15, 0.2) is 0 Å². The molecule has 3 nitrogen and oxygen atoms in total. The number of halogens is 2. The molecule has 0 radical (unpaired) electrons. The van der Waals surface area contributed by atoms with Crippen molar-refractivity contribution < 1.29 is 8.78 Å². The molecule has 1 heterocycles. The molecule has 0 unspecified atom stereocenters. The number of nitrogens with one attached hydrogen (secondary N) is 1. The quantitative estimate of drug-likeness (QED) is 0.862. The maximum Gasteiger partial charge on any atom is 0.249 e. The van der Waals surface area contributed by atoms with Gasteiger partial charge in [0.25, 0.3) is 0 Å². The van der Waals surface area contributed by atoms with Crippen LogP contribution in [-0.4, -0.2) is 16.1 Å². The lowest BCUT2D eigenvalue weighted by molar-refractivity contribution is 0.0226. The number of anilines is 1. The van der Waals surface area contributed by atoms with Crippen molar-refractivity contribution >= 4 is 5.82 Å². The van der Waals surface area contributed by atoms with Crippen LogP contribution in [0.15, 0.2) is 30.5 Å². The standard InChI is InChI=1S/C12H13F2N3/c1-12(13,14)6-8-3-2-4-9(5-8)10-7-16-17-11(10)15/h2-5,7H,6H2,1H3,(H3,15,16,17). The molecule has 0 fully saturated rings. The fourth-order valence-corrected chi connectivity index (χ4v) is 1.73. The first-order valence-corrected chi connectivity index (χ1v) is 5.22. The number of aromatic nitrogens is 2. The summed E-state index contributed by atoms with van der Waals surface area (Å²) >= 11 is 0. The maximum absolute atomic E-state index is 12.9. The van der Waals surface area contributed by atoms with E-state index in [1.807, 2.05) is 6.07 Å². The van der Waals surface area contributed by atoms with Crippen molar-refractivity contribution in [1.29, 1.82) is 0 Å². The Morgan fingerprint density at radius 1 is 1.41 bits per heavy atom. The fraction of sp³-hybridized carbons (Fsp3) is 0.250. The number of hydrogen-bond donors (Lipinski definition) is 2. The van der Waals surface area contributed by atoms with E-state index < -0.39 is 5.92 Å². The molecule has 0 bridgehead atoms. The molecule has 3 N–H and O–H groups in total.